The van der Waals surface area contributed by atoms with Crippen molar-refractivity contribution in [1.82, 2.24) is 9.80 Å². The topological polar surface area (TPSA) is 26.7 Å². The fourth-order valence-corrected chi connectivity index (χ4v) is 3.05. The Bertz CT molecular complexity index is 208. The van der Waals surface area contributed by atoms with Crippen molar-refractivity contribution in [2.24, 2.45) is 0 Å². The Morgan fingerprint density at radius 1 is 1.13 bits per heavy atom. The molecule has 3 nitrogen and oxygen atoms in total. The lowest BCUT2D eigenvalue weighted by atomic mass is 10.0. The predicted octanol–water partition coefficient (Wildman–Crippen LogP) is 0.926. The van der Waals surface area contributed by atoms with Crippen molar-refractivity contribution < 1.29 is 5.11 Å². The Morgan fingerprint density at radius 3 is 2.53 bits per heavy atom. The van der Waals surface area contributed by atoms with Crippen molar-refractivity contribution in [3.8, 4) is 0 Å². The highest BCUT2D eigenvalue weighted by Gasteiger charge is 2.33. The third-order valence-electron chi connectivity index (χ3n) is 4.07. The van der Waals surface area contributed by atoms with Crippen molar-refractivity contribution in [2.45, 2.75) is 50.3 Å². The summed E-state index contributed by atoms with van der Waals surface area (Å²) in [5, 5.41) is 9.91. The smallest absolute Gasteiger partial charge is 0.0695 e. The summed E-state index contributed by atoms with van der Waals surface area (Å²) in [6, 6.07) is 1.14. The Labute approximate surface area is 93.1 Å². The first-order chi connectivity index (χ1) is 7.18. The molecule has 1 heterocycles. The van der Waals surface area contributed by atoms with Crippen LogP contribution in [0.3, 0.4) is 0 Å². The van der Waals surface area contributed by atoms with E-state index < -0.39 is 0 Å². The summed E-state index contributed by atoms with van der Waals surface area (Å²) in [5.41, 5.74) is 0. The highest BCUT2D eigenvalue weighted by atomic mass is 16.3. The zero-order valence-electron chi connectivity index (χ0n) is 10.0. The van der Waals surface area contributed by atoms with Crippen LogP contribution >= 0.6 is 0 Å². The normalized spacial score (nSPS) is 38.8. The van der Waals surface area contributed by atoms with Crippen LogP contribution in [0.1, 0.15) is 32.1 Å². The molecule has 2 fully saturated rings. The second kappa shape index (κ2) is 4.81. The van der Waals surface area contributed by atoms with Gasteiger partial charge in [-0.15, -0.1) is 0 Å². The van der Waals surface area contributed by atoms with Gasteiger partial charge in [0.15, 0.2) is 0 Å². The number of piperidine rings is 1. The fourth-order valence-electron chi connectivity index (χ4n) is 3.05. The molecule has 3 atom stereocenters. The first-order valence-electron chi connectivity index (χ1n) is 6.27. The van der Waals surface area contributed by atoms with Gasteiger partial charge in [0.2, 0.25) is 0 Å². The number of hydrogen-bond donors (Lipinski definition) is 1. The molecule has 1 saturated carbocycles. The highest BCUT2D eigenvalue weighted by Crippen LogP contribution is 2.27. The molecule has 2 aliphatic rings. The molecule has 1 aliphatic heterocycles. The van der Waals surface area contributed by atoms with Gasteiger partial charge >= 0.3 is 0 Å². The molecule has 1 aliphatic carbocycles. The lowest BCUT2D eigenvalue weighted by Crippen LogP contribution is -2.51. The SMILES string of the molecule is CN(C)C1CCCN(C2CCCC2O)C1. The van der Waals surface area contributed by atoms with E-state index in [0.717, 1.165) is 13.0 Å². The lowest BCUT2D eigenvalue weighted by Gasteiger charge is -2.40. The molecule has 0 bridgehead atoms. The molecule has 3 heteroatoms. The first-order valence-corrected chi connectivity index (χ1v) is 6.27. The summed E-state index contributed by atoms with van der Waals surface area (Å²) in [7, 11) is 4.33. The van der Waals surface area contributed by atoms with Crippen molar-refractivity contribution in [2.75, 3.05) is 27.2 Å². The summed E-state index contributed by atoms with van der Waals surface area (Å²) >= 11 is 0. The average Bonchev–Trinajstić information content (AvgIpc) is 2.64. The molecule has 1 saturated heterocycles. The van der Waals surface area contributed by atoms with E-state index in [9.17, 15) is 5.11 Å². The van der Waals surface area contributed by atoms with E-state index in [1.54, 1.807) is 0 Å². The Hall–Kier alpha value is -0.120. The third-order valence-corrected chi connectivity index (χ3v) is 4.07. The molecule has 3 unspecified atom stereocenters. The number of rotatable bonds is 2. The van der Waals surface area contributed by atoms with Crippen molar-refractivity contribution in [1.29, 1.82) is 0 Å². The maximum atomic E-state index is 9.91. The van der Waals surface area contributed by atoms with Gasteiger partial charge in [0, 0.05) is 18.6 Å². The number of hydrogen-bond acceptors (Lipinski definition) is 3. The molecule has 0 aromatic carbocycles. The van der Waals surface area contributed by atoms with Gasteiger partial charge in [0.05, 0.1) is 6.10 Å². The number of aliphatic hydroxyl groups is 1. The van der Waals surface area contributed by atoms with Gasteiger partial charge in [-0.05, 0) is 52.7 Å². The van der Waals surface area contributed by atoms with Crippen LogP contribution in [0.4, 0.5) is 0 Å². The van der Waals surface area contributed by atoms with Crippen LogP contribution < -0.4 is 0 Å². The molecule has 88 valence electrons. The van der Waals surface area contributed by atoms with Gasteiger partial charge in [-0.2, -0.15) is 0 Å². The number of likely N-dealkylation sites (N-methyl/N-ethyl adjacent to an activating group) is 1. The van der Waals surface area contributed by atoms with Gasteiger partial charge in [-0.25, -0.2) is 0 Å². The van der Waals surface area contributed by atoms with Crippen molar-refractivity contribution in [3.05, 3.63) is 0 Å². The van der Waals surface area contributed by atoms with Gasteiger partial charge < -0.3 is 10.0 Å². The Balaban J connectivity index is 1.92. The van der Waals surface area contributed by atoms with E-state index in [1.165, 1.54) is 32.2 Å². The Morgan fingerprint density at radius 2 is 1.93 bits per heavy atom. The standard InChI is InChI=1S/C12H24N2O/c1-13(2)10-5-4-8-14(9-10)11-6-3-7-12(11)15/h10-12,15H,3-9H2,1-2H3. The van der Waals surface area contributed by atoms with Crippen LogP contribution in [-0.2, 0) is 0 Å². The minimum absolute atomic E-state index is 0.0640. The third kappa shape index (κ3) is 2.52. The molecule has 0 aromatic heterocycles. The minimum Gasteiger partial charge on any atom is -0.391 e. The first kappa shape index (κ1) is 11.4. The van der Waals surface area contributed by atoms with Crippen LogP contribution in [-0.4, -0.2) is 60.3 Å². The van der Waals surface area contributed by atoms with Gasteiger partial charge in [-0.1, -0.05) is 0 Å². The van der Waals surface area contributed by atoms with E-state index in [-0.39, 0.29) is 6.10 Å². The van der Waals surface area contributed by atoms with Crippen LogP contribution in [0.5, 0.6) is 0 Å². The maximum Gasteiger partial charge on any atom is 0.0695 e. The number of aliphatic hydroxyl groups excluding tert-OH is 1. The summed E-state index contributed by atoms with van der Waals surface area (Å²) in [6.07, 6.45) is 5.94. The molecular formula is C12H24N2O. The van der Waals surface area contributed by atoms with E-state index >= 15 is 0 Å². The zero-order valence-corrected chi connectivity index (χ0v) is 10.0. The highest BCUT2D eigenvalue weighted by molar-refractivity contribution is 4.89. The molecule has 1 N–H and O–H groups in total. The van der Waals surface area contributed by atoms with E-state index in [4.69, 9.17) is 0 Å². The number of nitrogens with zero attached hydrogens (tertiary/aromatic N) is 2. The largest absolute Gasteiger partial charge is 0.391 e. The quantitative estimate of drug-likeness (QED) is 0.737. The van der Waals surface area contributed by atoms with E-state index in [2.05, 4.69) is 23.9 Å². The molecular weight excluding hydrogens is 188 g/mol. The van der Waals surface area contributed by atoms with Crippen molar-refractivity contribution >= 4 is 0 Å². The Kier molecular flexibility index (Phi) is 3.65. The van der Waals surface area contributed by atoms with Crippen LogP contribution in [0.15, 0.2) is 0 Å². The summed E-state index contributed by atoms with van der Waals surface area (Å²) in [5.74, 6) is 0. The molecule has 0 amide bonds. The van der Waals surface area contributed by atoms with Crippen molar-refractivity contribution in [3.63, 3.8) is 0 Å². The van der Waals surface area contributed by atoms with Crippen LogP contribution in [0.2, 0.25) is 0 Å². The predicted molar refractivity (Wildman–Crippen MR) is 61.9 cm³/mol. The summed E-state index contributed by atoms with van der Waals surface area (Å²) in [4.78, 5) is 4.85. The van der Waals surface area contributed by atoms with E-state index in [0.29, 0.717) is 12.1 Å². The molecule has 15 heavy (non-hydrogen) atoms. The maximum absolute atomic E-state index is 9.91. The lowest BCUT2D eigenvalue weighted by molar-refractivity contribution is 0.0347. The van der Waals surface area contributed by atoms with Crippen LogP contribution in [0.25, 0.3) is 0 Å². The van der Waals surface area contributed by atoms with Crippen LogP contribution in [0, 0.1) is 0 Å². The molecule has 0 spiro atoms. The molecule has 0 radical (unpaired) electrons. The molecule has 0 aromatic rings. The monoisotopic (exact) mass is 212 g/mol. The van der Waals surface area contributed by atoms with E-state index in [1.807, 2.05) is 0 Å². The van der Waals surface area contributed by atoms with Gasteiger partial charge in [0.1, 0.15) is 0 Å². The molecule has 2 rings (SSSR count). The summed E-state index contributed by atoms with van der Waals surface area (Å²) in [6.45, 7) is 2.33. The summed E-state index contributed by atoms with van der Waals surface area (Å²) < 4.78 is 0. The second-order valence-corrected chi connectivity index (χ2v) is 5.32. The second-order valence-electron chi connectivity index (χ2n) is 5.32. The van der Waals surface area contributed by atoms with Gasteiger partial charge in [0.25, 0.3) is 0 Å². The average molecular weight is 212 g/mol. The number of likely N-dealkylation sites (tertiary alicyclic amines) is 1. The fraction of sp³-hybridized carbons (Fsp3) is 1.00. The zero-order chi connectivity index (χ0) is 10.8. The van der Waals surface area contributed by atoms with Gasteiger partial charge in [-0.3, -0.25) is 4.90 Å². The minimum atomic E-state index is -0.0640.